The number of methoxy groups -OCH3 is 1. The predicted molar refractivity (Wildman–Crippen MR) is 55.7 cm³/mol. The summed E-state index contributed by atoms with van der Waals surface area (Å²) in [7, 11) is 1.33. The van der Waals surface area contributed by atoms with Crippen LogP contribution in [-0.2, 0) is 14.3 Å². The summed E-state index contributed by atoms with van der Waals surface area (Å²) in [5, 5.41) is 0. The van der Waals surface area contributed by atoms with Crippen LogP contribution in [0.3, 0.4) is 0 Å². The Labute approximate surface area is 94.0 Å². The molecule has 1 amide bonds. The van der Waals surface area contributed by atoms with Crippen molar-refractivity contribution in [1.82, 2.24) is 4.90 Å². The quantitative estimate of drug-likeness (QED) is 0.518. The highest BCUT2D eigenvalue weighted by Crippen LogP contribution is 2.33. The second-order valence-electron chi connectivity index (χ2n) is 4.08. The van der Waals surface area contributed by atoms with Gasteiger partial charge >= 0.3 is 12.1 Å². The Morgan fingerprint density at radius 2 is 2.38 bits per heavy atom. The number of amides is 1. The molecule has 2 saturated heterocycles. The van der Waals surface area contributed by atoms with Crippen LogP contribution in [0.4, 0.5) is 4.79 Å². The van der Waals surface area contributed by atoms with Crippen molar-refractivity contribution in [2.45, 2.75) is 24.9 Å². The van der Waals surface area contributed by atoms with Crippen molar-refractivity contribution in [3.05, 3.63) is 12.7 Å². The number of fused-ring (bicyclic) bond motifs is 1. The molecule has 2 rings (SSSR count). The van der Waals surface area contributed by atoms with Crippen LogP contribution in [0.5, 0.6) is 0 Å². The maximum absolute atomic E-state index is 11.7. The fourth-order valence-corrected chi connectivity index (χ4v) is 2.44. The van der Waals surface area contributed by atoms with Gasteiger partial charge in [0, 0.05) is 5.92 Å². The third-order valence-electron chi connectivity index (χ3n) is 3.29. The molecule has 2 aliphatic rings. The lowest BCUT2D eigenvalue weighted by atomic mass is 9.86. The molecule has 0 aromatic rings. The molecule has 16 heavy (non-hydrogen) atoms. The van der Waals surface area contributed by atoms with Gasteiger partial charge in [0.25, 0.3) is 0 Å². The molecule has 0 unspecified atom stereocenters. The molecule has 0 bridgehead atoms. The first-order chi connectivity index (χ1) is 7.69. The number of carbonyl (C=O) groups is 2. The van der Waals surface area contributed by atoms with Crippen molar-refractivity contribution < 1.29 is 19.1 Å². The molecule has 5 nitrogen and oxygen atoms in total. The highest BCUT2D eigenvalue weighted by molar-refractivity contribution is 5.83. The Bertz CT molecular complexity index is 328. The third-order valence-corrected chi connectivity index (χ3v) is 3.29. The second-order valence-corrected chi connectivity index (χ2v) is 4.08. The number of piperidine rings is 1. The Morgan fingerprint density at radius 3 is 3.00 bits per heavy atom. The van der Waals surface area contributed by atoms with Crippen LogP contribution in [0.2, 0.25) is 0 Å². The van der Waals surface area contributed by atoms with Crippen molar-refractivity contribution in [3.63, 3.8) is 0 Å². The van der Waals surface area contributed by atoms with Crippen molar-refractivity contribution in [2.75, 3.05) is 13.7 Å². The average Bonchev–Trinajstić information content (AvgIpc) is 2.69. The highest BCUT2D eigenvalue weighted by Gasteiger charge is 2.48. The van der Waals surface area contributed by atoms with E-state index < -0.39 is 18.1 Å². The van der Waals surface area contributed by atoms with Gasteiger partial charge in [0.15, 0.2) is 0 Å². The monoisotopic (exact) mass is 225 g/mol. The summed E-state index contributed by atoms with van der Waals surface area (Å²) in [6, 6.07) is -0.566. The van der Waals surface area contributed by atoms with E-state index in [-0.39, 0.29) is 12.0 Å². The standard InChI is InChI=1S/C11H15NO4/c1-3-7-4-5-8-6-16-11(14)12(8)9(7)10(13)15-2/h3,7-9H,1,4-6H2,2H3/t7-,8-,9-/m0/s1. The van der Waals surface area contributed by atoms with E-state index in [1.54, 1.807) is 6.08 Å². The van der Waals surface area contributed by atoms with Gasteiger partial charge < -0.3 is 9.47 Å². The van der Waals surface area contributed by atoms with Gasteiger partial charge in [-0.25, -0.2) is 9.59 Å². The lowest BCUT2D eigenvalue weighted by Gasteiger charge is -2.37. The van der Waals surface area contributed by atoms with Gasteiger partial charge in [-0.3, -0.25) is 4.90 Å². The second kappa shape index (κ2) is 4.15. The van der Waals surface area contributed by atoms with E-state index in [0.29, 0.717) is 6.61 Å². The Morgan fingerprint density at radius 1 is 1.62 bits per heavy atom. The maximum atomic E-state index is 11.7. The fraction of sp³-hybridized carbons (Fsp3) is 0.636. The fourth-order valence-electron chi connectivity index (χ4n) is 2.44. The summed E-state index contributed by atoms with van der Waals surface area (Å²) < 4.78 is 9.70. The van der Waals surface area contributed by atoms with Crippen molar-refractivity contribution >= 4 is 12.1 Å². The SMILES string of the molecule is C=C[C@H]1CC[C@H]2COC(=O)N2[C@@H]1C(=O)OC. The minimum atomic E-state index is -0.573. The molecule has 3 atom stereocenters. The van der Waals surface area contributed by atoms with Crippen molar-refractivity contribution in [2.24, 2.45) is 5.92 Å². The van der Waals surface area contributed by atoms with Gasteiger partial charge in [0.2, 0.25) is 0 Å². The molecule has 2 heterocycles. The molecule has 0 aromatic heterocycles. The Hall–Kier alpha value is -1.52. The van der Waals surface area contributed by atoms with E-state index in [4.69, 9.17) is 9.47 Å². The summed E-state index contributed by atoms with van der Waals surface area (Å²) in [4.78, 5) is 24.8. The lowest BCUT2D eigenvalue weighted by molar-refractivity contribution is -0.149. The first-order valence-electron chi connectivity index (χ1n) is 5.34. The molecule has 5 heteroatoms. The normalized spacial score (nSPS) is 32.9. The Kier molecular flexibility index (Phi) is 2.85. The van der Waals surface area contributed by atoms with Crippen LogP contribution in [0.25, 0.3) is 0 Å². The van der Waals surface area contributed by atoms with Gasteiger partial charge in [-0.2, -0.15) is 0 Å². The minimum Gasteiger partial charge on any atom is -0.467 e. The molecular formula is C11H15NO4. The van der Waals surface area contributed by atoms with E-state index in [9.17, 15) is 9.59 Å². The van der Waals surface area contributed by atoms with Gasteiger partial charge in [-0.05, 0) is 12.8 Å². The minimum absolute atomic E-state index is 0.00722. The number of nitrogens with zero attached hydrogens (tertiary/aromatic N) is 1. The number of hydrogen-bond acceptors (Lipinski definition) is 4. The van der Waals surface area contributed by atoms with Crippen LogP contribution in [-0.4, -0.2) is 42.8 Å². The highest BCUT2D eigenvalue weighted by atomic mass is 16.6. The first kappa shape index (κ1) is 11.0. The summed E-state index contributed by atoms with van der Waals surface area (Å²) in [6.45, 7) is 4.08. The number of carbonyl (C=O) groups excluding carboxylic acids is 2. The van der Waals surface area contributed by atoms with Crippen LogP contribution < -0.4 is 0 Å². The molecule has 0 aliphatic carbocycles. The molecule has 0 aromatic carbocycles. The van der Waals surface area contributed by atoms with Crippen molar-refractivity contribution in [3.8, 4) is 0 Å². The van der Waals surface area contributed by atoms with E-state index in [0.717, 1.165) is 12.8 Å². The van der Waals surface area contributed by atoms with Crippen LogP contribution >= 0.6 is 0 Å². The van der Waals surface area contributed by atoms with Gasteiger partial charge in [-0.1, -0.05) is 6.08 Å². The summed E-state index contributed by atoms with van der Waals surface area (Å²) in [5.41, 5.74) is 0. The molecule has 2 fully saturated rings. The van der Waals surface area contributed by atoms with E-state index in [1.165, 1.54) is 12.0 Å². The molecule has 0 N–H and O–H groups in total. The zero-order valence-corrected chi connectivity index (χ0v) is 9.22. The molecular weight excluding hydrogens is 210 g/mol. The number of hydrogen-bond donors (Lipinski definition) is 0. The summed E-state index contributed by atoms with van der Waals surface area (Å²) >= 11 is 0. The van der Waals surface area contributed by atoms with Crippen LogP contribution in [0.1, 0.15) is 12.8 Å². The van der Waals surface area contributed by atoms with Crippen LogP contribution in [0, 0.1) is 5.92 Å². The number of rotatable bonds is 2. The topological polar surface area (TPSA) is 55.8 Å². The first-order valence-corrected chi connectivity index (χ1v) is 5.34. The van der Waals surface area contributed by atoms with Crippen molar-refractivity contribution in [1.29, 1.82) is 0 Å². The summed E-state index contributed by atoms with van der Waals surface area (Å²) in [5.74, 6) is -0.442. The van der Waals surface area contributed by atoms with E-state index in [2.05, 4.69) is 6.58 Å². The number of cyclic esters (lactones) is 1. The molecule has 0 radical (unpaired) electrons. The number of esters is 1. The molecule has 0 spiro atoms. The smallest absolute Gasteiger partial charge is 0.410 e. The zero-order chi connectivity index (χ0) is 11.7. The predicted octanol–water partition coefficient (Wildman–Crippen LogP) is 0.945. The van der Waals surface area contributed by atoms with Gasteiger partial charge in [0.05, 0.1) is 13.2 Å². The third kappa shape index (κ3) is 1.56. The van der Waals surface area contributed by atoms with Gasteiger partial charge in [0.1, 0.15) is 12.6 Å². The van der Waals surface area contributed by atoms with E-state index >= 15 is 0 Å². The maximum Gasteiger partial charge on any atom is 0.410 e. The largest absolute Gasteiger partial charge is 0.467 e. The number of ether oxygens (including phenoxy) is 2. The van der Waals surface area contributed by atoms with Gasteiger partial charge in [-0.15, -0.1) is 6.58 Å². The van der Waals surface area contributed by atoms with Crippen LogP contribution in [0.15, 0.2) is 12.7 Å². The van der Waals surface area contributed by atoms with E-state index in [1.807, 2.05) is 0 Å². The lowest BCUT2D eigenvalue weighted by Crippen LogP contribution is -2.54. The molecule has 88 valence electrons. The Balaban J connectivity index is 2.27. The average molecular weight is 225 g/mol. The summed E-state index contributed by atoms with van der Waals surface area (Å²) in [6.07, 6.45) is 2.97. The molecule has 0 saturated carbocycles. The zero-order valence-electron chi connectivity index (χ0n) is 9.22. The molecule has 2 aliphatic heterocycles.